The van der Waals surface area contributed by atoms with E-state index in [0.29, 0.717) is 17.7 Å². The lowest BCUT2D eigenvalue weighted by Crippen LogP contribution is -2.38. The van der Waals surface area contributed by atoms with Crippen LogP contribution in [0.2, 0.25) is 0 Å². The fourth-order valence-corrected chi connectivity index (χ4v) is 5.54. The van der Waals surface area contributed by atoms with E-state index in [9.17, 15) is 4.79 Å². The average Bonchev–Trinajstić information content (AvgIpc) is 3.38. The van der Waals surface area contributed by atoms with Gasteiger partial charge in [-0.3, -0.25) is 4.79 Å². The van der Waals surface area contributed by atoms with E-state index in [1.165, 1.54) is 19.3 Å². The number of hydrogen-bond donors (Lipinski definition) is 0. The van der Waals surface area contributed by atoms with Gasteiger partial charge in [0.15, 0.2) is 6.04 Å². The molecule has 2 aliphatic carbocycles. The minimum Gasteiger partial charge on any atom is -0.340 e. The number of tetrazole rings is 1. The summed E-state index contributed by atoms with van der Waals surface area (Å²) in [6.07, 6.45) is 4.12. The zero-order valence-electron chi connectivity index (χ0n) is 14.5. The normalized spacial score (nSPS) is 31.3. The number of likely N-dealkylation sites (tertiary alicyclic amines) is 1. The summed E-state index contributed by atoms with van der Waals surface area (Å²) in [6, 6.07) is 9.42. The Bertz CT molecular complexity index is 770. The van der Waals surface area contributed by atoms with Crippen molar-refractivity contribution in [2.24, 2.45) is 23.7 Å². The summed E-state index contributed by atoms with van der Waals surface area (Å²) in [5, 5.41) is 11.9. The maximum Gasteiger partial charge on any atom is 0.252 e. The Morgan fingerprint density at radius 2 is 1.80 bits per heavy atom. The van der Waals surface area contributed by atoms with Gasteiger partial charge in [0.2, 0.25) is 0 Å². The Balaban J connectivity index is 1.46. The number of carbonyl (C=O) groups excluding carboxylic acids is 1. The highest BCUT2D eigenvalue weighted by Crippen LogP contribution is 2.55. The molecule has 2 heterocycles. The Hall–Kier alpha value is -2.24. The molecule has 2 aromatic rings. The molecule has 1 aromatic carbocycles. The van der Waals surface area contributed by atoms with Crippen LogP contribution < -0.4 is 0 Å². The molecule has 1 saturated heterocycles. The molecule has 6 nitrogen and oxygen atoms in total. The van der Waals surface area contributed by atoms with Gasteiger partial charge in [0.1, 0.15) is 5.82 Å². The summed E-state index contributed by atoms with van der Waals surface area (Å²) in [4.78, 5) is 15.6. The highest BCUT2D eigenvalue weighted by atomic mass is 16.2. The van der Waals surface area contributed by atoms with Gasteiger partial charge in [0.25, 0.3) is 5.91 Å². The highest BCUT2D eigenvalue weighted by molar-refractivity contribution is 5.84. The van der Waals surface area contributed by atoms with Gasteiger partial charge in [-0.2, -0.15) is 0 Å². The molecule has 1 aliphatic heterocycles. The van der Waals surface area contributed by atoms with Gasteiger partial charge >= 0.3 is 0 Å². The van der Waals surface area contributed by atoms with Crippen molar-refractivity contribution in [3.8, 4) is 0 Å². The van der Waals surface area contributed by atoms with Crippen molar-refractivity contribution in [3.63, 3.8) is 0 Å². The van der Waals surface area contributed by atoms with Crippen LogP contribution >= 0.6 is 0 Å². The van der Waals surface area contributed by atoms with Crippen molar-refractivity contribution < 1.29 is 4.79 Å². The number of hydrogen-bond acceptors (Lipinski definition) is 4. The van der Waals surface area contributed by atoms with Gasteiger partial charge in [0, 0.05) is 13.1 Å². The maximum atomic E-state index is 13.5. The quantitative estimate of drug-likeness (QED) is 0.860. The molecule has 0 spiro atoms. The Kier molecular flexibility index (Phi) is 3.40. The lowest BCUT2D eigenvalue weighted by Gasteiger charge is -2.25. The topological polar surface area (TPSA) is 63.9 Å². The van der Waals surface area contributed by atoms with E-state index in [-0.39, 0.29) is 5.91 Å². The fraction of sp³-hybridized carbons (Fsp3) is 0.579. The molecule has 130 valence electrons. The molecule has 3 fully saturated rings. The highest BCUT2D eigenvalue weighted by Gasteiger charge is 2.53. The summed E-state index contributed by atoms with van der Waals surface area (Å²) < 4.78 is 1.67. The fourth-order valence-electron chi connectivity index (χ4n) is 5.54. The summed E-state index contributed by atoms with van der Waals surface area (Å²) in [6.45, 7) is 3.67. The number of fused-ring (bicyclic) bond motifs is 5. The number of amides is 1. The van der Waals surface area contributed by atoms with E-state index >= 15 is 0 Å². The molecular weight excluding hydrogens is 314 g/mol. The molecule has 1 aromatic heterocycles. The summed E-state index contributed by atoms with van der Waals surface area (Å²) in [5.41, 5.74) is 0.947. The first kappa shape index (κ1) is 15.0. The van der Waals surface area contributed by atoms with E-state index in [4.69, 9.17) is 0 Å². The molecule has 0 radical (unpaired) electrons. The second kappa shape index (κ2) is 5.64. The monoisotopic (exact) mass is 337 g/mol. The molecule has 0 unspecified atom stereocenters. The molecule has 1 amide bonds. The van der Waals surface area contributed by atoms with E-state index in [2.05, 4.69) is 20.4 Å². The zero-order valence-corrected chi connectivity index (χ0v) is 14.5. The lowest BCUT2D eigenvalue weighted by atomic mass is 9.82. The molecule has 2 bridgehead atoms. The van der Waals surface area contributed by atoms with E-state index in [0.717, 1.165) is 30.5 Å². The standard InChI is InChI=1S/C19H23N5O/c1-12-20-21-22-24(12)18(13-5-3-2-4-6-13)19(25)23-10-16-14-7-8-15(9-14)17(16)11-23/h2-6,14-18H,7-11H2,1H3/t14-,15+,16-,17+,18-/m1/s1. The van der Waals surface area contributed by atoms with Crippen molar-refractivity contribution in [1.82, 2.24) is 25.1 Å². The number of carbonyl (C=O) groups is 1. The Labute approximate surface area is 147 Å². The molecule has 5 atom stereocenters. The summed E-state index contributed by atoms with van der Waals surface area (Å²) >= 11 is 0. The zero-order chi connectivity index (χ0) is 17.0. The molecule has 2 saturated carbocycles. The second-order valence-corrected chi connectivity index (χ2v) is 7.89. The van der Waals surface area contributed by atoms with Gasteiger partial charge in [-0.25, -0.2) is 4.68 Å². The SMILES string of the molecule is Cc1nnnn1[C@@H](C(=O)N1C[C@@H]2[C@@H]3CC[C@@H](C3)[C@@H]2C1)c1ccccc1. The average molecular weight is 337 g/mol. The largest absolute Gasteiger partial charge is 0.340 e. The first-order chi connectivity index (χ1) is 12.2. The third-order valence-corrected chi connectivity index (χ3v) is 6.70. The van der Waals surface area contributed by atoms with Crippen LogP contribution in [0.5, 0.6) is 0 Å². The summed E-state index contributed by atoms with van der Waals surface area (Å²) in [5.74, 6) is 3.93. The number of nitrogens with zero attached hydrogens (tertiary/aromatic N) is 5. The molecule has 5 rings (SSSR count). The van der Waals surface area contributed by atoms with Crippen LogP contribution in [-0.2, 0) is 4.79 Å². The van der Waals surface area contributed by atoms with Gasteiger partial charge in [-0.15, -0.1) is 5.10 Å². The molecule has 6 heteroatoms. The maximum absolute atomic E-state index is 13.5. The third kappa shape index (κ3) is 2.30. The van der Waals surface area contributed by atoms with Crippen molar-refractivity contribution in [2.45, 2.75) is 32.2 Å². The van der Waals surface area contributed by atoms with Gasteiger partial charge in [0.05, 0.1) is 0 Å². The van der Waals surface area contributed by atoms with Crippen LogP contribution in [0.15, 0.2) is 30.3 Å². The van der Waals surface area contributed by atoms with Gasteiger partial charge in [-0.05, 0) is 65.8 Å². The minimum absolute atomic E-state index is 0.135. The van der Waals surface area contributed by atoms with Gasteiger partial charge in [-0.1, -0.05) is 30.3 Å². The molecule has 0 N–H and O–H groups in total. The smallest absolute Gasteiger partial charge is 0.252 e. The van der Waals surface area contributed by atoms with Crippen LogP contribution in [0.25, 0.3) is 0 Å². The number of aromatic nitrogens is 4. The number of aryl methyl sites for hydroxylation is 1. The predicted molar refractivity (Wildman–Crippen MR) is 91.5 cm³/mol. The van der Waals surface area contributed by atoms with E-state index in [1.54, 1.807) is 4.68 Å². The van der Waals surface area contributed by atoms with Crippen molar-refractivity contribution in [1.29, 1.82) is 0 Å². The van der Waals surface area contributed by atoms with Crippen molar-refractivity contribution in [2.75, 3.05) is 13.1 Å². The van der Waals surface area contributed by atoms with Crippen LogP contribution in [0.4, 0.5) is 0 Å². The van der Waals surface area contributed by atoms with Crippen molar-refractivity contribution >= 4 is 5.91 Å². The van der Waals surface area contributed by atoms with Crippen LogP contribution in [0, 0.1) is 30.6 Å². The molecular formula is C19H23N5O. The Morgan fingerprint density at radius 1 is 1.12 bits per heavy atom. The third-order valence-electron chi connectivity index (χ3n) is 6.70. The van der Waals surface area contributed by atoms with Crippen LogP contribution in [0.1, 0.15) is 36.7 Å². The van der Waals surface area contributed by atoms with Crippen LogP contribution in [0.3, 0.4) is 0 Å². The predicted octanol–water partition coefficient (Wildman–Crippen LogP) is 2.08. The molecule has 25 heavy (non-hydrogen) atoms. The van der Waals surface area contributed by atoms with E-state index < -0.39 is 6.04 Å². The Morgan fingerprint density at radius 3 is 2.40 bits per heavy atom. The second-order valence-electron chi connectivity index (χ2n) is 7.89. The minimum atomic E-state index is -0.465. The molecule has 3 aliphatic rings. The van der Waals surface area contributed by atoms with E-state index in [1.807, 2.05) is 37.3 Å². The van der Waals surface area contributed by atoms with Gasteiger partial charge < -0.3 is 4.90 Å². The van der Waals surface area contributed by atoms with Crippen molar-refractivity contribution in [3.05, 3.63) is 41.7 Å². The van der Waals surface area contributed by atoms with Crippen LogP contribution in [-0.4, -0.2) is 44.1 Å². The number of benzene rings is 1. The number of rotatable bonds is 3. The first-order valence-electron chi connectivity index (χ1n) is 9.30. The first-order valence-corrected chi connectivity index (χ1v) is 9.30. The lowest BCUT2D eigenvalue weighted by molar-refractivity contribution is -0.133. The summed E-state index contributed by atoms with van der Waals surface area (Å²) in [7, 11) is 0.